The number of carboxylic acids is 1. The quantitative estimate of drug-likeness (QED) is 0.0468. The Morgan fingerprint density at radius 3 is 1.57 bits per heavy atom. The van der Waals surface area contributed by atoms with Crippen LogP contribution in [0.2, 0.25) is 0 Å². The third kappa shape index (κ3) is 35.0. The number of carbonyl (C=O) groups excluding carboxylic acids is 4. The third-order valence-electron chi connectivity index (χ3n) is 7.31. The molecule has 0 aliphatic carbocycles. The second-order valence-corrected chi connectivity index (χ2v) is 12.0. The molecule has 0 aliphatic rings. The molecular formula is C34H63N3O12. The number of rotatable bonds is 36. The van der Waals surface area contributed by atoms with Crippen LogP contribution < -0.4 is 10.6 Å². The first-order valence-electron chi connectivity index (χ1n) is 17.8. The number of nitrogens with one attached hydrogen (secondary N) is 2. The van der Waals surface area contributed by atoms with Gasteiger partial charge in [-0.2, -0.15) is 0 Å². The fourth-order valence-corrected chi connectivity index (χ4v) is 4.71. The lowest BCUT2D eigenvalue weighted by atomic mass is 10.0. The molecule has 0 spiro atoms. The first-order chi connectivity index (χ1) is 23.6. The van der Waals surface area contributed by atoms with Gasteiger partial charge in [-0.1, -0.05) is 64.2 Å². The Morgan fingerprint density at radius 1 is 0.592 bits per heavy atom. The highest BCUT2D eigenvalue weighted by molar-refractivity contribution is 5.82. The van der Waals surface area contributed by atoms with Crippen LogP contribution in [0.15, 0.2) is 0 Å². The van der Waals surface area contributed by atoms with E-state index < -0.39 is 18.8 Å². The van der Waals surface area contributed by atoms with E-state index in [0.29, 0.717) is 39.2 Å². The minimum absolute atomic E-state index is 0.0122. The average Bonchev–Trinajstić information content (AvgIpc) is 3.05. The molecule has 0 aromatic carbocycles. The number of hydrogen-bond acceptors (Lipinski definition) is 11. The van der Waals surface area contributed by atoms with Crippen LogP contribution in [0.4, 0.5) is 0 Å². The van der Waals surface area contributed by atoms with E-state index in [4.69, 9.17) is 29.2 Å². The number of hydrogen-bond donors (Lipinski definition) is 5. The minimum atomic E-state index is -1.19. The van der Waals surface area contributed by atoms with Gasteiger partial charge in [-0.05, 0) is 26.2 Å². The Labute approximate surface area is 291 Å². The van der Waals surface area contributed by atoms with Crippen molar-refractivity contribution in [2.75, 3.05) is 79.0 Å². The molecular weight excluding hydrogens is 642 g/mol. The number of carboxylic acid groups (broad SMARTS) is 1. The molecule has 0 atom stereocenters. The number of aliphatic carboxylic acids is 1. The van der Waals surface area contributed by atoms with Gasteiger partial charge < -0.3 is 49.8 Å². The maximum Gasteiger partial charge on any atom is 0.323 e. The van der Waals surface area contributed by atoms with Crippen molar-refractivity contribution in [3.63, 3.8) is 0 Å². The van der Waals surface area contributed by atoms with Crippen LogP contribution in [-0.4, -0.2) is 135 Å². The predicted octanol–water partition coefficient (Wildman–Crippen LogP) is 1.95. The molecule has 15 heteroatoms. The number of carbonyl (C=O) groups is 5. The van der Waals surface area contributed by atoms with Gasteiger partial charge in [0.25, 0.3) is 0 Å². The van der Waals surface area contributed by atoms with E-state index in [1.165, 1.54) is 37.5 Å². The van der Waals surface area contributed by atoms with Crippen molar-refractivity contribution >= 4 is 29.5 Å². The van der Waals surface area contributed by atoms with Gasteiger partial charge in [0.1, 0.15) is 19.8 Å². The monoisotopic (exact) mass is 705 g/mol. The van der Waals surface area contributed by atoms with Crippen molar-refractivity contribution in [3.05, 3.63) is 0 Å². The Morgan fingerprint density at radius 2 is 1.06 bits per heavy atom. The highest BCUT2D eigenvalue weighted by Crippen LogP contribution is 2.14. The normalized spacial score (nSPS) is 11.1. The Hall–Kier alpha value is -2.69. The van der Waals surface area contributed by atoms with Gasteiger partial charge in [-0.3, -0.25) is 24.0 Å². The van der Waals surface area contributed by atoms with Gasteiger partial charge in [-0.15, -0.1) is 0 Å². The van der Waals surface area contributed by atoms with Crippen LogP contribution in [0, 0.1) is 0 Å². The molecule has 49 heavy (non-hydrogen) atoms. The van der Waals surface area contributed by atoms with E-state index in [9.17, 15) is 29.1 Å². The summed E-state index contributed by atoms with van der Waals surface area (Å²) in [5.41, 5.74) is 0. The molecule has 0 bridgehead atoms. The van der Waals surface area contributed by atoms with Crippen molar-refractivity contribution < 1.29 is 58.2 Å². The molecule has 3 amide bonds. The van der Waals surface area contributed by atoms with E-state index in [1.54, 1.807) is 0 Å². The van der Waals surface area contributed by atoms with Crippen LogP contribution in [0.25, 0.3) is 0 Å². The summed E-state index contributed by atoms with van der Waals surface area (Å²) in [7, 11) is 0. The molecule has 0 rings (SSSR count). The van der Waals surface area contributed by atoms with Gasteiger partial charge in [0.2, 0.25) is 17.7 Å². The molecule has 0 fully saturated rings. The maximum absolute atomic E-state index is 12.6. The number of aliphatic hydroxyl groups excluding tert-OH is 1. The topological polar surface area (TPSA) is 210 Å². The van der Waals surface area contributed by atoms with Crippen molar-refractivity contribution in [1.29, 1.82) is 0 Å². The maximum atomic E-state index is 12.6. The molecule has 0 heterocycles. The van der Waals surface area contributed by atoms with Gasteiger partial charge in [0.15, 0.2) is 12.1 Å². The number of unbranched alkanes of at least 4 members (excludes halogenated alkanes) is 11. The second kappa shape index (κ2) is 33.8. The summed E-state index contributed by atoms with van der Waals surface area (Å²) in [5, 5.41) is 32.2. The average molecular weight is 706 g/mol. The lowest BCUT2D eigenvalue weighted by Crippen LogP contribution is -2.39. The molecule has 5 N–H and O–H groups in total. The zero-order valence-electron chi connectivity index (χ0n) is 29.6. The molecule has 286 valence electrons. The van der Waals surface area contributed by atoms with E-state index >= 15 is 0 Å². The van der Waals surface area contributed by atoms with Crippen LogP contribution in [0.1, 0.15) is 103 Å². The Kier molecular flexibility index (Phi) is 31.9. The summed E-state index contributed by atoms with van der Waals surface area (Å²) in [6.07, 6.45) is 12.2. The summed E-state index contributed by atoms with van der Waals surface area (Å²) in [6, 6.07) is 0. The van der Waals surface area contributed by atoms with Crippen LogP contribution in [0.3, 0.4) is 0 Å². The van der Waals surface area contributed by atoms with E-state index in [0.717, 1.165) is 44.9 Å². The van der Waals surface area contributed by atoms with Crippen molar-refractivity contribution in [3.8, 4) is 0 Å². The number of nitrogens with zero attached hydrogens (tertiary/aromatic N) is 1. The molecule has 0 saturated heterocycles. The Bertz CT molecular complexity index is 875. The number of Topliss-reactive ketones (excluding diaryl/α,β-unsaturated/α-hetero) is 1. The van der Waals surface area contributed by atoms with Crippen LogP contribution in [-0.2, 0) is 42.9 Å². The third-order valence-corrected chi connectivity index (χ3v) is 7.31. The SMILES string of the molecule is CC(=O)COCCOCCNC(=O)COCCOCCNC(=O)CCN(CC(=O)O)C(=O)CCCCCCCCCCCCCCC(O)O. The van der Waals surface area contributed by atoms with Crippen molar-refractivity contribution in [2.45, 2.75) is 110 Å². The zero-order valence-corrected chi connectivity index (χ0v) is 29.6. The molecule has 0 aromatic heterocycles. The van der Waals surface area contributed by atoms with Gasteiger partial charge in [-0.25, -0.2) is 0 Å². The largest absolute Gasteiger partial charge is 0.480 e. The van der Waals surface area contributed by atoms with E-state index in [2.05, 4.69) is 10.6 Å². The lowest BCUT2D eigenvalue weighted by molar-refractivity contribution is -0.145. The number of ether oxygens (including phenoxy) is 4. The minimum Gasteiger partial charge on any atom is -0.480 e. The number of ketones is 1. The van der Waals surface area contributed by atoms with Gasteiger partial charge >= 0.3 is 5.97 Å². The smallest absolute Gasteiger partial charge is 0.323 e. The summed E-state index contributed by atoms with van der Waals surface area (Å²) in [5.74, 6) is -2.04. The summed E-state index contributed by atoms with van der Waals surface area (Å²) >= 11 is 0. The standard InChI is InChI=1S/C34H63N3O12/c1-29(38)27-48-24-22-47-21-18-36-31(40)28-49-25-23-46-20-17-35-30(39)16-19-37(26-34(44)45)32(41)14-12-10-8-6-4-2-3-5-7-9-11-13-15-33(42)43/h33,42-43H,2-28H2,1H3,(H,35,39)(H,36,40)(H,44,45). The first kappa shape index (κ1) is 46.3. The summed E-state index contributed by atoms with van der Waals surface area (Å²) in [6.45, 7) is 3.10. The van der Waals surface area contributed by atoms with Crippen molar-refractivity contribution in [1.82, 2.24) is 15.5 Å². The van der Waals surface area contributed by atoms with Crippen LogP contribution >= 0.6 is 0 Å². The van der Waals surface area contributed by atoms with E-state index in [1.807, 2.05) is 0 Å². The Balaban J connectivity index is 3.77. The second-order valence-electron chi connectivity index (χ2n) is 12.0. The van der Waals surface area contributed by atoms with Crippen LogP contribution in [0.5, 0.6) is 0 Å². The molecule has 0 unspecified atom stereocenters. The predicted molar refractivity (Wildman–Crippen MR) is 182 cm³/mol. The van der Waals surface area contributed by atoms with Gasteiger partial charge in [0, 0.05) is 32.5 Å². The molecule has 0 saturated carbocycles. The molecule has 0 aliphatic heterocycles. The summed E-state index contributed by atoms with van der Waals surface area (Å²) in [4.78, 5) is 59.8. The molecule has 15 nitrogen and oxygen atoms in total. The van der Waals surface area contributed by atoms with Crippen molar-refractivity contribution in [2.24, 2.45) is 0 Å². The lowest BCUT2D eigenvalue weighted by Gasteiger charge is -2.20. The zero-order chi connectivity index (χ0) is 36.4. The van der Waals surface area contributed by atoms with Gasteiger partial charge in [0.05, 0.1) is 39.6 Å². The fourth-order valence-electron chi connectivity index (χ4n) is 4.71. The first-order valence-corrected chi connectivity index (χ1v) is 17.8. The highest BCUT2D eigenvalue weighted by atomic mass is 16.5. The highest BCUT2D eigenvalue weighted by Gasteiger charge is 2.17. The van der Waals surface area contributed by atoms with E-state index in [-0.39, 0.29) is 82.5 Å². The number of amides is 3. The number of aliphatic hydroxyl groups is 2. The summed E-state index contributed by atoms with van der Waals surface area (Å²) < 4.78 is 21.0. The molecule has 0 aromatic rings. The fraction of sp³-hybridized carbons (Fsp3) is 0.853. The molecule has 0 radical (unpaired) electrons.